The summed E-state index contributed by atoms with van der Waals surface area (Å²) in [5, 5.41) is 3.51. The van der Waals surface area contributed by atoms with Crippen LogP contribution < -0.4 is 9.62 Å². The third-order valence-electron chi connectivity index (χ3n) is 7.52. The summed E-state index contributed by atoms with van der Waals surface area (Å²) in [5.74, 6) is -0.686. The molecule has 0 spiro atoms. The van der Waals surface area contributed by atoms with E-state index in [1.165, 1.54) is 23.1 Å². The molecule has 0 unspecified atom stereocenters. The largest absolute Gasteiger partial charge is 0.352 e. The van der Waals surface area contributed by atoms with Gasteiger partial charge in [0.15, 0.2) is 0 Å². The Morgan fingerprint density at radius 1 is 0.951 bits per heavy atom. The van der Waals surface area contributed by atoms with Gasteiger partial charge in [-0.15, -0.1) is 0 Å². The number of sulfonamides is 1. The molecule has 1 saturated carbocycles. The highest BCUT2D eigenvalue weighted by atomic mass is 35.5. The number of hydrogen-bond acceptors (Lipinski definition) is 4. The normalized spacial score (nSPS) is 14.7. The number of nitrogens with one attached hydrogen (secondary N) is 1. The van der Waals surface area contributed by atoms with E-state index in [1.54, 1.807) is 30.3 Å². The summed E-state index contributed by atoms with van der Waals surface area (Å²) in [6, 6.07) is 21.7. The molecule has 0 bridgehead atoms. The average Bonchev–Trinajstić information content (AvgIpc) is 2.97. The van der Waals surface area contributed by atoms with E-state index in [1.807, 2.05) is 44.2 Å². The minimum Gasteiger partial charge on any atom is -0.352 e. The van der Waals surface area contributed by atoms with Gasteiger partial charge in [0.1, 0.15) is 12.6 Å². The monoisotopic (exact) mass is 595 g/mol. The number of carbonyl (C=O) groups excluding carboxylic acids is 2. The average molecular weight is 596 g/mol. The predicted molar refractivity (Wildman–Crippen MR) is 163 cm³/mol. The van der Waals surface area contributed by atoms with Crippen LogP contribution in [-0.4, -0.2) is 43.8 Å². The minimum absolute atomic E-state index is 0.0626. The lowest BCUT2D eigenvalue weighted by Crippen LogP contribution is -2.54. The molecule has 1 aliphatic carbocycles. The molecule has 4 rings (SSSR count). The van der Waals surface area contributed by atoms with Crippen molar-refractivity contribution in [3.05, 3.63) is 95.0 Å². The second-order valence-electron chi connectivity index (χ2n) is 10.6. The van der Waals surface area contributed by atoms with E-state index in [2.05, 4.69) is 5.32 Å². The summed E-state index contributed by atoms with van der Waals surface area (Å²) in [4.78, 5) is 29.3. The maximum Gasteiger partial charge on any atom is 0.264 e. The standard InChI is InChI=1S/C32H38ClN3O4S/c1-3-30(32(38)34-27-14-8-5-9-15-27)35(22-25-11-6-4-7-12-25)31(37)23-36(28-16-10-13-26(33)21-28)41(39,40)29-19-17-24(2)18-20-29/h4,6-7,10-13,16-21,27,30H,3,5,8-9,14-15,22-23H2,1-2H3,(H,34,38)/t30-/m1/s1. The number of rotatable bonds is 11. The van der Waals surface area contributed by atoms with Crippen LogP contribution in [0, 0.1) is 6.92 Å². The Morgan fingerprint density at radius 2 is 1.63 bits per heavy atom. The first-order chi connectivity index (χ1) is 19.7. The number of hydrogen-bond donors (Lipinski definition) is 1. The molecule has 0 radical (unpaired) electrons. The Balaban J connectivity index is 1.69. The molecule has 0 aliphatic heterocycles. The van der Waals surface area contributed by atoms with Gasteiger partial charge in [0.2, 0.25) is 11.8 Å². The van der Waals surface area contributed by atoms with E-state index in [9.17, 15) is 18.0 Å². The molecule has 1 atom stereocenters. The van der Waals surface area contributed by atoms with Gasteiger partial charge < -0.3 is 10.2 Å². The molecule has 2 amide bonds. The van der Waals surface area contributed by atoms with Crippen LogP contribution in [0.2, 0.25) is 5.02 Å². The third kappa shape index (κ3) is 7.89. The van der Waals surface area contributed by atoms with E-state index in [0.717, 1.165) is 47.5 Å². The van der Waals surface area contributed by atoms with Gasteiger partial charge in [-0.2, -0.15) is 0 Å². The Hall–Kier alpha value is -3.36. The van der Waals surface area contributed by atoms with Gasteiger partial charge in [-0.25, -0.2) is 8.42 Å². The van der Waals surface area contributed by atoms with Crippen molar-refractivity contribution in [2.24, 2.45) is 0 Å². The van der Waals surface area contributed by atoms with E-state index in [0.29, 0.717) is 11.4 Å². The number of nitrogens with zero attached hydrogens (tertiary/aromatic N) is 2. The zero-order valence-electron chi connectivity index (χ0n) is 23.6. The zero-order chi connectivity index (χ0) is 29.4. The molecule has 218 valence electrons. The highest BCUT2D eigenvalue weighted by molar-refractivity contribution is 7.92. The summed E-state index contributed by atoms with van der Waals surface area (Å²) in [6.07, 6.45) is 5.54. The van der Waals surface area contributed by atoms with Crippen molar-refractivity contribution >= 4 is 39.1 Å². The fraction of sp³-hybridized carbons (Fsp3) is 0.375. The van der Waals surface area contributed by atoms with E-state index in [-0.39, 0.29) is 29.1 Å². The Morgan fingerprint density at radius 3 is 2.27 bits per heavy atom. The van der Waals surface area contributed by atoms with Gasteiger partial charge in [0.05, 0.1) is 10.6 Å². The van der Waals surface area contributed by atoms with Crippen LogP contribution in [0.25, 0.3) is 0 Å². The van der Waals surface area contributed by atoms with Crippen LogP contribution >= 0.6 is 11.6 Å². The molecule has 1 fully saturated rings. The van der Waals surface area contributed by atoms with Crippen LogP contribution in [0.4, 0.5) is 5.69 Å². The van der Waals surface area contributed by atoms with Gasteiger partial charge in [-0.3, -0.25) is 13.9 Å². The fourth-order valence-electron chi connectivity index (χ4n) is 5.24. The first-order valence-electron chi connectivity index (χ1n) is 14.2. The molecule has 0 heterocycles. The zero-order valence-corrected chi connectivity index (χ0v) is 25.2. The maximum absolute atomic E-state index is 14.2. The second-order valence-corrected chi connectivity index (χ2v) is 12.9. The molecule has 3 aromatic carbocycles. The van der Waals surface area contributed by atoms with Crippen LogP contribution in [0.15, 0.2) is 83.8 Å². The van der Waals surface area contributed by atoms with Crippen molar-refractivity contribution < 1.29 is 18.0 Å². The fourth-order valence-corrected chi connectivity index (χ4v) is 6.83. The highest BCUT2D eigenvalue weighted by Crippen LogP contribution is 2.27. The number of halogens is 1. The maximum atomic E-state index is 14.2. The number of benzene rings is 3. The number of carbonyl (C=O) groups is 2. The molecule has 9 heteroatoms. The quantitative estimate of drug-likeness (QED) is 0.290. The van der Waals surface area contributed by atoms with Crippen LogP contribution in [0.3, 0.4) is 0 Å². The topological polar surface area (TPSA) is 86.8 Å². The summed E-state index contributed by atoms with van der Waals surface area (Å²) in [6.45, 7) is 3.42. The highest BCUT2D eigenvalue weighted by Gasteiger charge is 2.34. The smallest absolute Gasteiger partial charge is 0.264 e. The molecular formula is C32H38ClN3O4S. The summed E-state index contributed by atoms with van der Waals surface area (Å²) in [7, 11) is -4.14. The first-order valence-corrected chi connectivity index (χ1v) is 16.0. The molecule has 7 nitrogen and oxygen atoms in total. The third-order valence-corrected chi connectivity index (χ3v) is 9.54. The molecule has 3 aromatic rings. The molecule has 0 saturated heterocycles. The lowest BCUT2D eigenvalue weighted by molar-refractivity contribution is -0.140. The van der Waals surface area contributed by atoms with Gasteiger partial charge >= 0.3 is 0 Å². The molecule has 41 heavy (non-hydrogen) atoms. The van der Waals surface area contributed by atoms with Gasteiger partial charge in [-0.1, -0.05) is 91.9 Å². The van der Waals surface area contributed by atoms with Gasteiger partial charge in [-0.05, 0) is 62.1 Å². The second kappa shape index (κ2) is 14.0. The first kappa shape index (κ1) is 30.6. The Labute approximate surface area is 248 Å². The van der Waals surface area contributed by atoms with E-state index >= 15 is 0 Å². The van der Waals surface area contributed by atoms with Gasteiger partial charge in [0, 0.05) is 17.6 Å². The van der Waals surface area contributed by atoms with Crippen LogP contribution in [0.1, 0.15) is 56.6 Å². The predicted octanol–water partition coefficient (Wildman–Crippen LogP) is 6.10. The lowest BCUT2D eigenvalue weighted by atomic mass is 9.95. The van der Waals surface area contributed by atoms with Gasteiger partial charge in [0.25, 0.3) is 10.0 Å². The minimum atomic E-state index is -4.14. The lowest BCUT2D eigenvalue weighted by Gasteiger charge is -2.34. The number of anilines is 1. The molecule has 1 aliphatic rings. The van der Waals surface area contributed by atoms with E-state index < -0.39 is 28.5 Å². The summed E-state index contributed by atoms with van der Waals surface area (Å²) in [5.41, 5.74) is 2.03. The van der Waals surface area contributed by atoms with Crippen molar-refractivity contribution in [3.8, 4) is 0 Å². The SMILES string of the molecule is CC[C@H](C(=O)NC1CCCCC1)N(Cc1ccccc1)C(=O)CN(c1cccc(Cl)c1)S(=O)(=O)c1ccc(C)cc1. The van der Waals surface area contributed by atoms with E-state index in [4.69, 9.17) is 11.6 Å². The Bertz CT molecular complexity index is 1420. The van der Waals surface area contributed by atoms with Crippen LogP contribution in [-0.2, 0) is 26.2 Å². The Kier molecular flexibility index (Phi) is 10.5. The summed E-state index contributed by atoms with van der Waals surface area (Å²) >= 11 is 6.25. The van der Waals surface area contributed by atoms with Crippen molar-refractivity contribution in [2.45, 2.75) is 75.9 Å². The van der Waals surface area contributed by atoms with Crippen molar-refractivity contribution in [2.75, 3.05) is 10.8 Å². The number of aryl methyl sites for hydroxylation is 1. The van der Waals surface area contributed by atoms with Crippen molar-refractivity contribution in [1.29, 1.82) is 0 Å². The molecule has 0 aromatic heterocycles. The molecule has 1 N–H and O–H groups in total. The van der Waals surface area contributed by atoms with Crippen molar-refractivity contribution in [3.63, 3.8) is 0 Å². The van der Waals surface area contributed by atoms with Crippen molar-refractivity contribution in [1.82, 2.24) is 10.2 Å². The molecular weight excluding hydrogens is 558 g/mol. The summed E-state index contributed by atoms with van der Waals surface area (Å²) < 4.78 is 29.0. The number of amides is 2. The van der Waals surface area contributed by atoms with Crippen LogP contribution in [0.5, 0.6) is 0 Å².